The second-order valence-electron chi connectivity index (χ2n) is 14.9. The summed E-state index contributed by atoms with van der Waals surface area (Å²) >= 11 is 0. The zero-order valence-corrected chi connectivity index (χ0v) is 32.9. The normalized spacial score (nSPS) is 11.3. The molecule has 0 unspecified atom stereocenters. The minimum atomic E-state index is 0.582. The van der Waals surface area contributed by atoms with E-state index in [9.17, 15) is 0 Å². The molecule has 11 rings (SSSR count). The molecule has 0 atom stereocenters. The molecule has 0 aliphatic heterocycles. The van der Waals surface area contributed by atoms with E-state index in [0.29, 0.717) is 28.9 Å². The molecule has 8 aromatic carbocycles. The Bertz CT molecular complexity index is 3330. The van der Waals surface area contributed by atoms with Crippen LogP contribution in [-0.4, -0.2) is 24.9 Å². The van der Waals surface area contributed by atoms with Crippen molar-refractivity contribution in [3.05, 3.63) is 212 Å². The van der Waals surface area contributed by atoms with Gasteiger partial charge in [0.15, 0.2) is 28.9 Å². The Hall–Kier alpha value is -8.35. The van der Waals surface area contributed by atoms with Gasteiger partial charge in [0.05, 0.1) is 0 Å². The highest BCUT2D eigenvalue weighted by Crippen LogP contribution is 2.40. The van der Waals surface area contributed by atoms with Crippen LogP contribution >= 0.6 is 0 Å². The first-order valence-corrected chi connectivity index (χ1v) is 20.2. The van der Waals surface area contributed by atoms with Gasteiger partial charge in [0, 0.05) is 33.2 Å². The van der Waals surface area contributed by atoms with Gasteiger partial charge in [-0.05, 0) is 51.6 Å². The summed E-state index contributed by atoms with van der Waals surface area (Å²) in [5.41, 5.74) is 13.9. The van der Waals surface area contributed by atoms with Crippen molar-refractivity contribution in [2.45, 2.75) is 0 Å². The molecular weight excluding hydrogens is 747 g/mol. The lowest BCUT2D eigenvalue weighted by molar-refractivity contribution is 0.667. The van der Waals surface area contributed by atoms with Gasteiger partial charge in [0.2, 0.25) is 0 Å². The van der Waals surface area contributed by atoms with E-state index in [2.05, 4.69) is 140 Å². The fourth-order valence-corrected chi connectivity index (χ4v) is 7.91. The van der Waals surface area contributed by atoms with Crippen molar-refractivity contribution < 1.29 is 4.42 Å². The van der Waals surface area contributed by atoms with Crippen LogP contribution in [0.15, 0.2) is 217 Å². The van der Waals surface area contributed by atoms with Crippen LogP contribution in [0, 0.1) is 0 Å². The maximum absolute atomic E-state index is 6.56. The molecular formula is C55H35N5O. The van der Waals surface area contributed by atoms with Crippen LogP contribution in [0.1, 0.15) is 0 Å². The summed E-state index contributed by atoms with van der Waals surface area (Å²) < 4.78 is 6.56. The molecule has 3 aromatic heterocycles. The molecule has 11 aromatic rings. The highest BCUT2D eigenvalue weighted by atomic mass is 16.3. The van der Waals surface area contributed by atoms with Crippen LogP contribution in [0.5, 0.6) is 0 Å². The van der Waals surface area contributed by atoms with Gasteiger partial charge in [0.25, 0.3) is 0 Å². The predicted octanol–water partition coefficient (Wildman–Crippen LogP) is 13.9. The molecule has 0 saturated heterocycles. The van der Waals surface area contributed by atoms with Gasteiger partial charge < -0.3 is 4.42 Å². The minimum absolute atomic E-state index is 0.582. The van der Waals surface area contributed by atoms with Crippen LogP contribution in [0.4, 0.5) is 0 Å². The van der Waals surface area contributed by atoms with Crippen LogP contribution in [-0.2, 0) is 0 Å². The third kappa shape index (κ3) is 6.92. The molecule has 0 aliphatic rings. The largest absolute Gasteiger partial charge is 0.452 e. The van der Waals surface area contributed by atoms with Crippen LogP contribution in [0.2, 0.25) is 0 Å². The van der Waals surface area contributed by atoms with E-state index in [-0.39, 0.29) is 0 Å². The van der Waals surface area contributed by atoms with E-state index < -0.39 is 0 Å². The smallest absolute Gasteiger partial charge is 0.180 e. The zero-order valence-electron chi connectivity index (χ0n) is 32.9. The summed E-state index contributed by atoms with van der Waals surface area (Å²) in [6.45, 7) is 0. The Balaban J connectivity index is 1.04. The molecule has 286 valence electrons. The summed E-state index contributed by atoms with van der Waals surface area (Å²) in [7, 11) is 0. The van der Waals surface area contributed by atoms with Crippen molar-refractivity contribution in [2.24, 2.45) is 0 Å². The first kappa shape index (κ1) is 35.8. The van der Waals surface area contributed by atoms with Crippen LogP contribution in [0.3, 0.4) is 0 Å². The quantitative estimate of drug-likeness (QED) is 0.153. The Morgan fingerprint density at radius 2 is 0.738 bits per heavy atom. The number of rotatable bonds is 8. The van der Waals surface area contributed by atoms with Gasteiger partial charge in [-0.25, -0.2) is 24.9 Å². The van der Waals surface area contributed by atoms with E-state index in [4.69, 9.17) is 29.3 Å². The summed E-state index contributed by atoms with van der Waals surface area (Å²) in [5.74, 6) is 2.40. The standard InChI is InChI=1S/C55H35N5O/c1-5-16-36(17-6-1)38-28-30-41(31-29-38)53-58-52(40-22-11-4-12-23-40)59-54(60-53)44-25-15-24-43(34-44)45-26-13-14-27-46(45)55-56-49(39-20-9-3-10-21-39)51-50(57-55)47-35-42(32-33-48(47)61-51)37-18-7-2-8-19-37/h1-35H. The molecule has 0 N–H and O–H groups in total. The second-order valence-corrected chi connectivity index (χ2v) is 14.9. The number of fused-ring (bicyclic) bond motifs is 3. The third-order valence-electron chi connectivity index (χ3n) is 11.0. The lowest BCUT2D eigenvalue weighted by Gasteiger charge is -2.13. The first-order chi connectivity index (χ1) is 30.2. The first-order valence-electron chi connectivity index (χ1n) is 20.2. The molecule has 6 heteroatoms. The number of aromatic nitrogens is 5. The number of furan rings is 1. The fraction of sp³-hybridized carbons (Fsp3) is 0. The van der Waals surface area contributed by atoms with Gasteiger partial charge in [-0.2, -0.15) is 0 Å². The second kappa shape index (κ2) is 15.4. The molecule has 6 nitrogen and oxygen atoms in total. The van der Waals surface area contributed by atoms with Gasteiger partial charge in [-0.15, -0.1) is 0 Å². The maximum Gasteiger partial charge on any atom is 0.180 e. The summed E-state index contributed by atoms with van der Waals surface area (Å²) in [5, 5.41) is 0.936. The molecule has 3 heterocycles. The minimum Gasteiger partial charge on any atom is -0.452 e. The third-order valence-corrected chi connectivity index (χ3v) is 11.0. The Kier molecular flexibility index (Phi) is 9.06. The van der Waals surface area contributed by atoms with Crippen molar-refractivity contribution in [2.75, 3.05) is 0 Å². The summed E-state index contributed by atoms with van der Waals surface area (Å²) in [6, 6.07) is 72.3. The number of hydrogen-bond donors (Lipinski definition) is 0. The molecule has 0 spiro atoms. The van der Waals surface area contributed by atoms with Gasteiger partial charge in [-0.1, -0.05) is 194 Å². The SMILES string of the molecule is c1ccc(-c2ccc(-c3nc(-c4ccccc4)nc(-c4cccc(-c5ccccc5-c5nc(-c6ccccc6)c6oc7ccc(-c8ccccc8)cc7c6n5)c4)n3)cc2)cc1. The van der Waals surface area contributed by atoms with E-state index >= 15 is 0 Å². The van der Waals surface area contributed by atoms with E-state index in [1.165, 1.54) is 0 Å². The summed E-state index contributed by atoms with van der Waals surface area (Å²) in [6.07, 6.45) is 0. The van der Waals surface area contributed by atoms with Gasteiger partial charge in [-0.3, -0.25) is 0 Å². The molecule has 0 aliphatic carbocycles. The van der Waals surface area contributed by atoms with Gasteiger partial charge in [0.1, 0.15) is 16.8 Å². The molecule has 0 bridgehead atoms. The zero-order chi connectivity index (χ0) is 40.5. The van der Waals surface area contributed by atoms with E-state index in [1.807, 2.05) is 72.8 Å². The molecule has 0 amide bonds. The van der Waals surface area contributed by atoms with Gasteiger partial charge >= 0.3 is 0 Å². The Morgan fingerprint density at radius 3 is 1.39 bits per heavy atom. The van der Waals surface area contributed by atoms with Crippen molar-refractivity contribution in [1.29, 1.82) is 0 Å². The summed E-state index contributed by atoms with van der Waals surface area (Å²) in [4.78, 5) is 25.7. The highest BCUT2D eigenvalue weighted by molar-refractivity contribution is 6.08. The topological polar surface area (TPSA) is 77.6 Å². The predicted molar refractivity (Wildman–Crippen MR) is 246 cm³/mol. The lowest BCUT2D eigenvalue weighted by Crippen LogP contribution is -2.00. The average molecular weight is 782 g/mol. The van der Waals surface area contributed by atoms with Crippen molar-refractivity contribution in [3.8, 4) is 90.2 Å². The number of nitrogens with zero attached hydrogens (tertiary/aromatic N) is 5. The fourth-order valence-electron chi connectivity index (χ4n) is 7.91. The maximum atomic E-state index is 6.56. The number of hydrogen-bond acceptors (Lipinski definition) is 6. The lowest BCUT2D eigenvalue weighted by atomic mass is 9.97. The molecule has 0 saturated carbocycles. The van der Waals surface area contributed by atoms with Crippen LogP contribution in [0.25, 0.3) is 112 Å². The van der Waals surface area contributed by atoms with Crippen molar-refractivity contribution in [1.82, 2.24) is 24.9 Å². The van der Waals surface area contributed by atoms with Crippen LogP contribution < -0.4 is 0 Å². The molecule has 61 heavy (non-hydrogen) atoms. The average Bonchev–Trinajstić information content (AvgIpc) is 3.73. The van der Waals surface area contributed by atoms with E-state index in [1.54, 1.807) is 0 Å². The van der Waals surface area contributed by atoms with Crippen molar-refractivity contribution in [3.63, 3.8) is 0 Å². The molecule has 0 fully saturated rings. The monoisotopic (exact) mass is 781 g/mol. The van der Waals surface area contributed by atoms with Crippen molar-refractivity contribution >= 4 is 22.1 Å². The Morgan fingerprint density at radius 1 is 0.279 bits per heavy atom. The molecule has 0 radical (unpaired) electrons. The number of benzene rings is 8. The highest BCUT2D eigenvalue weighted by Gasteiger charge is 2.21. The Labute approximate surface area is 352 Å². The van der Waals surface area contributed by atoms with E-state index in [0.717, 1.165) is 83.4 Å².